The number of imidazole rings is 1. The third-order valence-corrected chi connectivity index (χ3v) is 8.08. The third kappa shape index (κ3) is 10.9. The van der Waals surface area contributed by atoms with Gasteiger partial charge in [0, 0.05) is 57.6 Å². The normalized spacial score (nSPS) is 10.8. The number of hydrogen-bond donors (Lipinski definition) is 4. The predicted molar refractivity (Wildman–Crippen MR) is 211 cm³/mol. The Bertz CT molecular complexity index is 2470. The number of halogens is 5. The number of nitrogens with two attached hydrogens (primary N) is 2. The Morgan fingerprint density at radius 2 is 1.40 bits per heavy atom. The fourth-order valence-electron chi connectivity index (χ4n) is 4.65. The van der Waals surface area contributed by atoms with Crippen molar-refractivity contribution in [3.63, 3.8) is 0 Å². The Balaban J connectivity index is 0.000000244. The molecule has 0 radical (unpaired) electrons. The van der Waals surface area contributed by atoms with Crippen LogP contribution in [-0.4, -0.2) is 73.8 Å². The van der Waals surface area contributed by atoms with E-state index in [1.165, 1.54) is 19.1 Å². The Morgan fingerprint density at radius 1 is 0.825 bits per heavy atom. The lowest BCUT2D eigenvalue weighted by Gasteiger charge is -2.11. The molecule has 0 fully saturated rings. The average Bonchev–Trinajstić information content (AvgIpc) is 3.55. The second-order valence-electron chi connectivity index (χ2n) is 12.1. The zero-order valence-corrected chi connectivity index (χ0v) is 32.0. The van der Waals surface area contributed by atoms with E-state index < -0.39 is 27.6 Å². The number of carbonyl (C=O) groups is 1. The summed E-state index contributed by atoms with van der Waals surface area (Å²) in [4.78, 5) is 58.6. The number of aromatic nitrogens is 6. The van der Waals surface area contributed by atoms with E-state index in [1.54, 1.807) is 43.4 Å². The zero-order valence-electron chi connectivity index (χ0n) is 30.5. The fourth-order valence-corrected chi connectivity index (χ4v) is 5.02. The molecule has 6 rings (SSSR count). The molecule has 0 spiro atoms. The molecule has 18 nitrogen and oxygen atoms in total. The molecule has 0 aliphatic carbocycles. The van der Waals surface area contributed by atoms with Crippen molar-refractivity contribution in [2.24, 2.45) is 0 Å². The van der Waals surface area contributed by atoms with E-state index in [9.17, 15) is 38.2 Å². The van der Waals surface area contributed by atoms with Crippen LogP contribution in [0.5, 0.6) is 0 Å². The summed E-state index contributed by atoms with van der Waals surface area (Å²) in [6, 6.07) is 11.2. The number of amides is 1. The van der Waals surface area contributed by atoms with Crippen LogP contribution >= 0.6 is 23.2 Å². The van der Waals surface area contributed by atoms with E-state index in [1.807, 2.05) is 25.1 Å². The van der Waals surface area contributed by atoms with Gasteiger partial charge in [-0.1, -0.05) is 23.2 Å². The number of aryl methyl sites for hydroxylation is 1. The molecule has 6 N–H and O–H groups in total. The van der Waals surface area contributed by atoms with E-state index in [2.05, 4.69) is 35.2 Å². The van der Waals surface area contributed by atoms with Gasteiger partial charge in [-0.05, 0) is 37.3 Å². The van der Waals surface area contributed by atoms with Gasteiger partial charge in [-0.25, -0.2) is 24.9 Å². The lowest BCUT2D eigenvalue weighted by Crippen LogP contribution is -2.16. The highest BCUT2D eigenvalue weighted by molar-refractivity contribution is 6.33. The number of H-pyrrole nitrogens is 1. The molecule has 0 saturated heterocycles. The number of carbonyl (C=O) groups excluding carboxylic acids is 1. The molecule has 57 heavy (non-hydrogen) atoms. The van der Waals surface area contributed by atoms with Crippen LogP contribution in [0.4, 0.5) is 53.2 Å². The molecule has 0 aliphatic heterocycles. The Kier molecular flexibility index (Phi) is 13.3. The molecule has 298 valence electrons. The van der Waals surface area contributed by atoms with Crippen LogP contribution < -0.4 is 26.6 Å². The minimum Gasteiger partial charge on any atom is -0.393 e. The molecule has 5 aromatic heterocycles. The summed E-state index contributed by atoms with van der Waals surface area (Å²) in [5.74, 6) is 1.24. The van der Waals surface area contributed by atoms with E-state index in [-0.39, 0.29) is 39.2 Å². The second-order valence-corrected chi connectivity index (χ2v) is 12.9. The van der Waals surface area contributed by atoms with Gasteiger partial charge in [0.2, 0.25) is 0 Å². The maximum Gasteiger partial charge on any atom is 0.433 e. The number of anilines is 5. The lowest BCUT2D eigenvalue weighted by molar-refractivity contribution is -0.384. The third-order valence-electron chi connectivity index (χ3n) is 7.54. The summed E-state index contributed by atoms with van der Waals surface area (Å²) in [6.07, 6.45) is -0.732. The first-order chi connectivity index (χ1) is 26.7. The van der Waals surface area contributed by atoms with Crippen molar-refractivity contribution < 1.29 is 27.8 Å². The summed E-state index contributed by atoms with van der Waals surface area (Å²) in [7, 11) is 7.32. The molecule has 6 aromatic rings. The van der Waals surface area contributed by atoms with Crippen LogP contribution in [0.1, 0.15) is 21.7 Å². The number of nitro groups is 2. The number of aromatic amines is 1. The van der Waals surface area contributed by atoms with Crippen molar-refractivity contribution in [3.8, 4) is 11.4 Å². The van der Waals surface area contributed by atoms with Gasteiger partial charge in [0.05, 0.1) is 43.4 Å². The number of hydrogen-bond acceptors (Lipinski definition) is 14. The van der Waals surface area contributed by atoms with Crippen LogP contribution in [0.3, 0.4) is 0 Å². The van der Waals surface area contributed by atoms with Crippen molar-refractivity contribution in [1.29, 1.82) is 0 Å². The van der Waals surface area contributed by atoms with Crippen molar-refractivity contribution >= 4 is 80.2 Å². The molecule has 1 amide bonds. The maximum absolute atomic E-state index is 12.8. The molecule has 0 saturated carbocycles. The Morgan fingerprint density at radius 3 is 1.95 bits per heavy atom. The number of benzene rings is 1. The fraction of sp³-hybridized carbons (Fsp3) is 0.176. The van der Waals surface area contributed by atoms with Gasteiger partial charge in [-0.15, -0.1) is 0 Å². The van der Waals surface area contributed by atoms with Crippen LogP contribution in [0.15, 0.2) is 67.1 Å². The van der Waals surface area contributed by atoms with Gasteiger partial charge >= 0.3 is 17.6 Å². The van der Waals surface area contributed by atoms with Gasteiger partial charge in [-0.2, -0.15) is 13.2 Å². The molecule has 1 aromatic carbocycles. The Labute approximate surface area is 331 Å². The maximum atomic E-state index is 12.8. The van der Waals surface area contributed by atoms with Crippen molar-refractivity contribution in [3.05, 3.63) is 114 Å². The smallest absolute Gasteiger partial charge is 0.393 e. The standard InChI is InChI=1S/C22H18ClF3N6O.C7H10N4O2.C5H4ClN3O2/c1-11-13(5-7-18(28-11)22(24,25)26)21(33)29-12-4-6-15(23)14(8-12)20-30-16-9-19(32(2)3)27-10-17(16)31-20;1-10(2)7-3-5(8)6(4-9-7)11(12)13;6-5-1-3(7)4(2-8-5)9(10)11/h4-10H,1-3H3,(H,29,33)(H,30,31);3-4H,1-2H3,(H2,8,9);1-2H,(H2,7,8). The van der Waals surface area contributed by atoms with Gasteiger partial charge in [0.15, 0.2) is 0 Å². The average molecular weight is 831 g/mol. The summed E-state index contributed by atoms with van der Waals surface area (Å²) in [5, 5.41) is 23.8. The van der Waals surface area contributed by atoms with Crippen LogP contribution in [-0.2, 0) is 6.18 Å². The summed E-state index contributed by atoms with van der Waals surface area (Å²) in [5.41, 5.74) is 11.8. The van der Waals surface area contributed by atoms with Gasteiger partial charge in [0.1, 0.15) is 52.1 Å². The minimum atomic E-state index is -4.58. The van der Waals surface area contributed by atoms with Crippen LogP contribution in [0, 0.1) is 27.2 Å². The van der Waals surface area contributed by atoms with Crippen molar-refractivity contribution in [2.75, 3.05) is 54.8 Å². The van der Waals surface area contributed by atoms with E-state index in [0.717, 1.165) is 30.3 Å². The van der Waals surface area contributed by atoms with E-state index in [4.69, 9.17) is 34.7 Å². The van der Waals surface area contributed by atoms with Crippen molar-refractivity contribution in [1.82, 2.24) is 29.9 Å². The molecule has 0 aliphatic rings. The number of pyridine rings is 4. The lowest BCUT2D eigenvalue weighted by atomic mass is 10.1. The number of nitrogens with zero attached hydrogens (tertiary/aromatic N) is 9. The highest BCUT2D eigenvalue weighted by Crippen LogP contribution is 2.32. The molecule has 0 bridgehead atoms. The summed E-state index contributed by atoms with van der Waals surface area (Å²) < 4.78 is 38.5. The number of nitrogens with one attached hydrogen (secondary N) is 2. The number of fused-ring (bicyclic) bond motifs is 1. The first kappa shape index (κ1) is 42.9. The van der Waals surface area contributed by atoms with Gasteiger partial charge in [0.25, 0.3) is 5.91 Å². The van der Waals surface area contributed by atoms with Crippen LogP contribution in [0.2, 0.25) is 10.2 Å². The number of nitrogen functional groups attached to an aromatic ring is 2. The topological polar surface area (TPSA) is 254 Å². The van der Waals surface area contributed by atoms with Crippen molar-refractivity contribution in [2.45, 2.75) is 13.1 Å². The SMILES string of the molecule is CN(C)c1cc(N)c([N+](=O)[O-])cn1.Cc1nc(C(F)(F)F)ccc1C(=O)Nc1ccc(Cl)c(-c2nc3cc(N(C)C)ncc3[nH]2)c1.Nc1cc(Cl)ncc1[N+](=O)[O-]. The largest absolute Gasteiger partial charge is 0.433 e. The summed E-state index contributed by atoms with van der Waals surface area (Å²) in [6.45, 7) is 1.35. The molecule has 5 heterocycles. The molecular weight excluding hydrogens is 798 g/mol. The monoisotopic (exact) mass is 829 g/mol. The molecule has 0 atom stereocenters. The molecule has 23 heteroatoms. The molecular formula is C34H32Cl2F3N13O5. The van der Waals surface area contributed by atoms with Crippen LogP contribution in [0.25, 0.3) is 22.4 Å². The molecule has 0 unspecified atom stereocenters. The Hall–Kier alpha value is -6.87. The van der Waals surface area contributed by atoms with Gasteiger partial charge < -0.3 is 31.6 Å². The van der Waals surface area contributed by atoms with E-state index >= 15 is 0 Å². The quantitative estimate of drug-likeness (QED) is 0.0706. The second kappa shape index (κ2) is 17.7. The van der Waals surface area contributed by atoms with E-state index in [0.29, 0.717) is 38.9 Å². The zero-order chi connectivity index (χ0) is 42.4. The first-order valence-corrected chi connectivity index (χ1v) is 16.7. The first-order valence-electron chi connectivity index (χ1n) is 16.0. The highest BCUT2D eigenvalue weighted by atomic mass is 35.5. The predicted octanol–water partition coefficient (Wildman–Crippen LogP) is 7.18. The van der Waals surface area contributed by atoms with Gasteiger partial charge in [-0.3, -0.25) is 25.0 Å². The minimum absolute atomic E-state index is 0.0231. The summed E-state index contributed by atoms with van der Waals surface area (Å²) >= 11 is 11.8. The highest BCUT2D eigenvalue weighted by Gasteiger charge is 2.33. The number of alkyl halides is 3. The number of rotatable bonds is 7.